The van der Waals surface area contributed by atoms with Crippen molar-refractivity contribution in [1.29, 1.82) is 0 Å². The number of aliphatic hydroxyl groups excluding tert-OH is 1. The Kier molecular flexibility index (Phi) is 2.45. The first-order chi connectivity index (χ1) is 7.08. The minimum absolute atomic E-state index is 0.0937. The minimum atomic E-state index is -0.719. The van der Waals surface area contributed by atoms with E-state index in [1.54, 1.807) is 0 Å². The number of aromatic nitrogens is 2. The average molecular weight is 212 g/mol. The molecule has 0 radical (unpaired) electrons. The molecular formula is C9H12N2O4. The van der Waals surface area contributed by atoms with Gasteiger partial charge in [-0.05, 0) is 6.92 Å². The first-order valence-corrected chi connectivity index (χ1v) is 4.73. The van der Waals surface area contributed by atoms with E-state index in [4.69, 9.17) is 4.74 Å². The first kappa shape index (κ1) is 10.1. The van der Waals surface area contributed by atoms with Gasteiger partial charge in [0.2, 0.25) is 0 Å². The van der Waals surface area contributed by atoms with E-state index in [1.807, 2.05) is 6.92 Å². The van der Waals surface area contributed by atoms with Gasteiger partial charge in [-0.2, -0.15) is 0 Å². The number of hydrogen-bond acceptors (Lipinski definition) is 4. The van der Waals surface area contributed by atoms with E-state index < -0.39 is 23.6 Å². The van der Waals surface area contributed by atoms with Gasteiger partial charge in [0.15, 0.2) is 6.23 Å². The van der Waals surface area contributed by atoms with Gasteiger partial charge in [0.1, 0.15) is 6.10 Å². The maximum Gasteiger partial charge on any atom is 0.330 e. The second-order valence-electron chi connectivity index (χ2n) is 3.66. The summed E-state index contributed by atoms with van der Waals surface area (Å²) >= 11 is 0. The number of aromatic amines is 1. The molecule has 1 fully saturated rings. The van der Waals surface area contributed by atoms with Crippen molar-refractivity contribution in [2.75, 3.05) is 0 Å². The smallest absolute Gasteiger partial charge is 0.330 e. The summed E-state index contributed by atoms with van der Waals surface area (Å²) in [5.74, 6) is 0. The minimum Gasteiger partial charge on any atom is -0.388 e. The Morgan fingerprint density at radius 3 is 2.87 bits per heavy atom. The highest BCUT2D eigenvalue weighted by atomic mass is 16.5. The molecule has 3 unspecified atom stereocenters. The lowest BCUT2D eigenvalue weighted by atomic mass is 10.2. The third kappa shape index (κ3) is 1.86. The van der Waals surface area contributed by atoms with Crippen LogP contribution < -0.4 is 11.2 Å². The summed E-state index contributed by atoms with van der Waals surface area (Å²) in [5.41, 5.74) is -1.03. The molecule has 82 valence electrons. The van der Waals surface area contributed by atoms with E-state index in [9.17, 15) is 14.7 Å². The van der Waals surface area contributed by atoms with Crippen molar-refractivity contribution in [3.05, 3.63) is 33.1 Å². The van der Waals surface area contributed by atoms with Crippen LogP contribution in [0.1, 0.15) is 19.6 Å². The van der Waals surface area contributed by atoms with Gasteiger partial charge in [0.25, 0.3) is 5.56 Å². The van der Waals surface area contributed by atoms with Crippen LogP contribution in [0.3, 0.4) is 0 Å². The van der Waals surface area contributed by atoms with Crippen LogP contribution in [0.15, 0.2) is 21.9 Å². The number of aliphatic hydroxyl groups is 1. The normalized spacial score (nSPS) is 30.7. The summed E-state index contributed by atoms with van der Waals surface area (Å²) < 4.78 is 6.56. The lowest BCUT2D eigenvalue weighted by Gasteiger charge is -2.16. The molecule has 0 aromatic carbocycles. The van der Waals surface area contributed by atoms with Crippen molar-refractivity contribution in [3.63, 3.8) is 0 Å². The molecule has 0 amide bonds. The zero-order chi connectivity index (χ0) is 11.0. The monoisotopic (exact) mass is 212 g/mol. The van der Waals surface area contributed by atoms with Crippen LogP contribution in [0, 0.1) is 0 Å². The van der Waals surface area contributed by atoms with Crippen molar-refractivity contribution in [3.8, 4) is 0 Å². The number of rotatable bonds is 1. The molecule has 0 bridgehead atoms. The van der Waals surface area contributed by atoms with Gasteiger partial charge in [-0.3, -0.25) is 14.3 Å². The Labute approximate surface area is 85.1 Å². The highest BCUT2D eigenvalue weighted by Crippen LogP contribution is 2.26. The van der Waals surface area contributed by atoms with E-state index in [0.29, 0.717) is 6.42 Å². The molecule has 1 aliphatic heterocycles. The van der Waals surface area contributed by atoms with Crippen molar-refractivity contribution < 1.29 is 9.84 Å². The van der Waals surface area contributed by atoms with E-state index in [0.717, 1.165) is 0 Å². The molecule has 1 aromatic rings. The van der Waals surface area contributed by atoms with Gasteiger partial charge >= 0.3 is 5.69 Å². The molecule has 6 heteroatoms. The Morgan fingerprint density at radius 2 is 2.33 bits per heavy atom. The Bertz CT molecular complexity index is 464. The topological polar surface area (TPSA) is 84.3 Å². The lowest BCUT2D eigenvalue weighted by Crippen LogP contribution is -2.34. The summed E-state index contributed by atoms with van der Waals surface area (Å²) in [7, 11) is 0. The molecule has 1 saturated heterocycles. The van der Waals surface area contributed by atoms with Crippen LogP contribution in [0.2, 0.25) is 0 Å². The fraction of sp³-hybridized carbons (Fsp3) is 0.556. The maximum atomic E-state index is 11.4. The summed E-state index contributed by atoms with van der Waals surface area (Å²) in [6.07, 6.45) is 0.292. The molecule has 0 spiro atoms. The fourth-order valence-corrected chi connectivity index (χ4v) is 1.72. The Morgan fingerprint density at radius 1 is 1.60 bits per heavy atom. The largest absolute Gasteiger partial charge is 0.388 e. The summed E-state index contributed by atoms with van der Waals surface area (Å²) in [6, 6.07) is 1.22. The highest BCUT2D eigenvalue weighted by molar-refractivity contribution is 4.88. The first-order valence-electron chi connectivity index (χ1n) is 4.73. The molecular weight excluding hydrogens is 200 g/mol. The standard InChI is InChI=1S/C9H12N2O4/c1-5-4-6(12)8(15-5)11-3-2-7(13)10-9(11)14/h2-3,5-6,8,12H,4H2,1H3,(H,10,13,14). The zero-order valence-corrected chi connectivity index (χ0v) is 8.21. The van der Waals surface area contributed by atoms with Crippen LogP contribution in [0.4, 0.5) is 0 Å². The number of ether oxygens (including phenoxy) is 1. The molecule has 15 heavy (non-hydrogen) atoms. The van der Waals surface area contributed by atoms with Crippen LogP contribution >= 0.6 is 0 Å². The van der Waals surface area contributed by atoms with Gasteiger partial charge < -0.3 is 9.84 Å². The van der Waals surface area contributed by atoms with Gasteiger partial charge in [-0.25, -0.2) is 4.79 Å². The molecule has 2 heterocycles. The van der Waals surface area contributed by atoms with Crippen molar-refractivity contribution in [1.82, 2.24) is 9.55 Å². The van der Waals surface area contributed by atoms with Crippen molar-refractivity contribution in [2.24, 2.45) is 0 Å². The number of nitrogens with zero attached hydrogens (tertiary/aromatic N) is 1. The SMILES string of the molecule is CC1CC(O)C(n2ccc(=O)[nH]c2=O)O1. The van der Waals surface area contributed by atoms with Gasteiger partial charge in [-0.1, -0.05) is 0 Å². The quantitative estimate of drug-likeness (QED) is 0.638. The second-order valence-corrected chi connectivity index (χ2v) is 3.66. The lowest BCUT2D eigenvalue weighted by molar-refractivity contribution is -0.0348. The molecule has 1 aromatic heterocycles. The predicted molar refractivity (Wildman–Crippen MR) is 51.5 cm³/mol. The van der Waals surface area contributed by atoms with E-state index in [-0.39, 0.29) is 6.10 Å². The van der Waals surface area contributed by atoms with Crippen LogP contribution in [-0.2, 0) is 4.74 Å². The second kappa shape index (κ2) is 3.63. The van der Waals surface area contributed by atoms with E-state index in [1.165, 1.54) is 16.8 Å². The predicted octanol–water partition coefficient (Wildman–Crippen LogP) is -0.795. The van der Waals surface area contributed by atoms with Crippen LogP contribution in [-0.4, -0.2) is 26.9 Å². The van der Waals surface area contributed by atoms with Crippen molar-refractivity contribution >= 4 is 0 Å². The fourth-order valence-electron chi connectivity index (χ4n) is 1.72. The molecule has 0 aliphatic carbocycles. The number of nitrogens with one attached hydrogen (secondary N) is 1. The van der Waals surface area contributed by atoms with E-state index >= 15 is 0 Å². The third-order valence-electron chi connectivity index (χ3n) is 2.40. The summed E-state index contributed by atoms with van der Waals surface area (Å²) in [6.45, 7) is 1.82. The summed E-state index contributed by atoms with van der Waals surface area (Å²) in [5, 5.41) is 9.63. The molecule has 1 aliphatic rings. The molecule has 2 rings (SSSR count). The van der Waals surface area contributed by atoms with Crippen LogP contribution in [0.25, 0.3) is 0 Å². The number of H-pyrrole nitrogens is 1. The molecule has 6 nitrogen and oxygen atoms in total. The number of hydrogen-bond donors (Lipinski definition) is 2. The average Bonchev–Trinajstić information content (AvgIpc) is 2.45. The Hall–Kier alpha value is -1.40. The van der Waals surface area contributed by atoms with Crippen molar-refractivity contribution in [2.45, 2.75) is 31.8 Å². The maximum absolute atomic E-state index is 11.4. The van der Waals surface area contributed by atoms with Crippen LogP contribution in [0.5, 0.6) is 0 Å². The summed E-state index contributed by atoms with van der Waals surface area (Å²) in [4.78, 5) is 24.3. The van der Waals surface area contributed by atoms with E-state index in [2.05, 4.69) is 4.98 Å². The molecule has 2 N–H and O–H groups in total. The van der Waals surface area contributed by atoms with Gasteiger partial charge in [0, 0.05) is 18.7 Å². The highest BCUT2D eigenvalue weighted by Gasteiger charge is 2.33. The third-order valence-corrected chi connectivity index (χ3v) is 2.40. The Balaban J connectivity index is 2.38. The van der Waals surface area contributed by atoms with Gasteiger partial charge in [-0.15, -0.1) is 0 Å². The molecule has 3 atom stereocenters. The molecule has 0 saturated carbocycles. The van der Waals surface area contributed by atoms with Gasteiger partial charge in [0.05, 0.1) is 6.10 Å². The zero-order valence-electron chi connectivity index (χ0n) is 8.21.